The van der Waals surface area contributed by atoms with E-state index in [4.69, 9.17) is 0 Å². The minimum absolute atomic E-state index is 0.00759. The summed E-state index contributed by atoms with van der Waals surface area (Å²) in [5.41, 5.74) is 1.01. The fourth-order valence-corrected chi connectivity index (χ4v) is 2.42. The van der Waals surface area contributed by atoms with Crippen molar-refractivity contribution in [1.82, 2.24) is 15.1 Å². The molecule has 0 spiro atoms. The Morgan fingerprint density at radius 3 is 2.86 bits per heavy atom. The maximum Gasteiger partial charge on any atom is 0.145 e. The Labute approximate surface area is 131 Å². The van der Waals surface area contributed by atoms with Crippen molar-refractivity contribution in [2.24, 2.45) is 0 Å². The predicted octanol–water partition coefficient (Wildman–Crippen LogP) is 4.03. The minimum atomic E-state index is -0.579. The molecular formula is C15H18BrF2N3. The summed E-state index contributed by atoms with van der Waals surface area (Å²) in [4.78, 5) is 0. The number of aromatic nitrogens is 2. The molecule has 1 aromatic heterocycles. The Morgan fingerprint density at radius 1 is 1.38 bits per heavy atom. The summed E-state index contributed by atoms with van der Waals surface area (Å²) in [6, 6.07) is 2.77. The summed E-state index contributed by atoms with van der Waals surface area (Å²) < 4.78 is 29.5. The molecule has 2 aromatic rings. The van der Waals surface area contributed by atoms with Gasteiger partial charge < -0.3 is 5.32 Å². The van der Waals surface area contributed by atoms with Gasteiger partial charge in [-0.15, -0.1) is 0 Å². The van der Waals surface area contributed by atoms with E-state index in [0.717, 1.165) is 18.5 Å². The van der Waals surface area contributed by atoms with Gasteiger partial charge in [0.2, 0.25) is 0 Å². The molecule has 0 bridgehead atoms. The smallest absolute Gasteiger partial charge is 0.145 e. The van der Waals surface area contributed by atoms with Crippen LogP contribution in [0.3, 0.4) is 0 Å². The van der Waals surface area contributed by atoms with Crippen LogP contribution in [0.1, 0.15) is 37.4 Å². The van der Waals surface area contributed by atoms with E-state index in [1.807, 2.05) is 13.1 Å². The second-order valence-electron chi connectivity index (χ2n) is 4.97. The van der Waals surface area contributed by atoms with Gasteiger partial charge >= 0.3 is 0 Å². The van der Waals surface area contributed by atoms with Gasteiger partial charge in [0.1, 0.15) is 11.6 Å². The highest BCUT2D eigenvalue weighted by molar-refractivity contribution is 9.10. The van der Waals surface area contributed by atoms with E-state index in [2.05, 4.69) is 33.3 Å². The molecule has 0 saturated heterocycles. The normalized spacial score (nSPS) is 12.6. The molecule has 1 unspecified atom stereocenters. The molecule has 0 saturated carbocycles. The van der Waals surface area contributed by atoms with Gasteiger partial charge in [0, 0.05) is 23.4 Å². The van der Waals surface area contributed by atoms with Gasteiger partial charge in [-0.25, -0.2) is 8.78 Å². The molecule has 1 heterocycles. The van der Waals surface area contributed by atoms with Crippen LogP contribution in [-0.4, -0.2) is 16.3 Å². The minimum Gasteiger partial charge on any atom is -0.310 e. The van der Waals surface area contributed by atoms with Crippen LogP contribution in [-0.2, 0) is 6.54 Å². The van der Waals surface area contributed by atoms with Crippen molar-refractivity contribution < 1.29 is 8.78 Å². The van der Waals surface area contributed by atoms with E-state index >= 15 is 0 Å². The fourth-order valence-electron chi connectivity index (χ4n) is 2.04. The molecule has 1 atom stereocenters. The first-order valence-electron chi connectivity index (χ1n) is 6.91. The first-order chi connectivity index (χ1) is 10.0. The van der Waals surface area contributed by atoms with Crippen LogP contribution < -0.4 is 5.32 Å². The first-order valence-corrected chi connectivity index (χ1v) is 7.70. The Hall–Kier alpha value is -1.27. The maximum absolute atomic E-state index is 13.9. The monoisotopic (exact) mass is 357 g/mol. The maximum atomic E-state index is 13.9. The van der Waals surface area contributed by atoms with Crippen molar-refractivity contribution in [3.05, 3.63) is 51.8 Å². The highest BCUT2D eigenvalue weighted by Gasteiger charge is 2.14. The van der Waals surface area contributed by atoms with Gasteiger partial charge in [-0.1, -0.05) is 6.92 Å². The van der Waals surface area contributed by atoms with Crippen LogP contribution >= 0.6 is 15.9 Å². The summed E-state index contributed by atoms with van der Waals surface area (Å²) in [5, 5.41) is 7.53. The topological polar surface area (TPSA) is 29.9 Å². The van der Waals surface area contributed by atoms with E-state index in [1.54, 1.807) is 10.9 Å². The lowest BCUT2D eigenvalue weighted by Crippen LogP contribution is -2.18. The third kappa shape index (κ3) is 3.89. The standard InChI is InChI=1S/C15H18BrF2N3/c1-3-6-19-10(2)11-7-20-21(8-11)9-12-14(17)5-4-13(16)15(12)18/h4-5,7-8,10,19H,3,6,9H2,1-2H3. The van der Waals surface area contributed by atoms with Crippen molar-refractivity contribution in [2.75, 3.05) is 6.54 Å². The number of hydrogen-bond donors (Lipinski definition) is 1. The molecule has 0 aliphatic carbocycles. The summed E-state index contributed by atoms with van der Waals surface area (Å²) >= 11 is 3.07. The van der Waals surface area contributed by atoms with Crippen LogP contribution in [0.15, 0.2) is 29.0 Å². The molecule has 0 aliphatic rings. The molecule has 1 aromatic carbocycles. The van der Waals surface area contributed by atoms with Crippen molar-refractivity contribution in [3.63, 3.8) is 0 Å². The molecule has 2 rings (SSSR count). The van der Waals surface area contributed by atoms with Gasteiger partial charge in [0.25, 0.3) is 0 Å². The van der Waals surface area contributed by atoms with Gasteiger partial charge in [0.15, 0.2) is 0 Å². The summed E-state index contributed by atoms with van der Waals surface area (Å²) in [5.74, 6) is -1.14. The molecule has 1 N–H and O–H groups in total. The van der Waals surface area contributed by atoms with E-state index in [1.165, 1.54) is 12.1 Å². The second kappa shape index (κ2) is 7.13. The average Bonchev–Trinajstić information content (AvgIpc) is 2.94. The summed E-state index contributed by atoms with van der Waals surface area (Å²) in [7, 11) is 0. The Morgan fingerprint density at radius 2 is 2.14 bits per heavy atom. The second-order valence-corrected chi connectivity index (χ2v) is 5.82. The van der Waals surface area contributed by atoms with E-state index in [9.17, 15) is 8.78 Å². The lowest BCUT2D eigenvalue weighted by atomic mass is 10.2. The lowest BCUT2D eigenvalue weighted by molar-refractivity contribution is 0.528. The zero-order valence-corrected chi connectivity index (χ0v) is 13.6. The average molecular weight is 358 g/mol. The summed E-state index contributed by atoms with van der Waals surface area (Å²) in [6.07, 6.45) is 4.58. The van der Waals surface area contributed by atoms with Crippen LogP contribution in [0.5, 0.6) is 0 Å². The van der Waals surface area contributed by atoms with Crippen molar-refractivity contribution in [2.45, 2.75) is 32.9 Å². The van der Waals surface area contributed by atoms with Crippen LogP contribution in [0.25, 0.3) is 0 Å². The largest absolute Gasteiger partial charge is 0.310 e. The van der Waals surface area contributed by atoms with Gasteiger partial charge in [-0.3, -0.25) is 4.68 Å². The van der Waals surface area contributed by atoms with E-state index in [0.29, 0.717) is 0 Å². The third-order valence-electron chi connectivity index (χ3n) is 3.31. The predicted molar refractivity (Wildman–Crippen MR) is 82.1 cm³/mol. The molecule has 0 aliphatic heterocycles. The Bertz CT molecular complexity index is 613. The van der Waals surface area contributed by atoms with Gasteiger partial charge in [-0.05, 0) is 48.0 Å². The molecule has 0 amide bonds. The zero-order chi connectivity index (χ0) is 15.4. The van der Waals surface area contributed by atoms with Crippen LogP contribution in [0, 0.1) is 11.6 Å². The third-order valence-corrected chi connectivity index (χ3v) is 3.93. The Balaban J connectivity index is 2.15. The molecule has 0 fully saturated rings. The van der Waals surface area contributed by atoms with Crippen molar-refractivity contribution >= 4 is 15.9 Å². The number of halogens is 3. The lowest BCUT2D eigenvalue weighted by Gasteiger charge is -2.10. The number of rotatable bonds is 6. The number of nitrogens with one attached hydrogen (secondary N) is 1. The highest BCUT2D eigenvalue weighted by Crippen LogP contribution is 2.22. The molecular weight excluding hydrogens is 340 g/mol. The quantitative estimate of drug-likeness (QED) is 0.790. The van der Waals surface area contributed by atoms with Crippen LogP contribution in [0.4, 0.5) is 8.78 Å². The van der Waals surface area contributed by atoms with Crippen LogP contribution in [0.2, 0.25) is 0 Å². The first kappa shape index (κ1) is 16.1. The van der Waals surface area contributed by atoms with E-state index < -0.39 is 11.6 Å². The van der Waals surface area contributed by atoms with Gasteiger partial charge in [0.05, 0.1) is 17.2 Å². The molecule has 6 heteroatoms. The SMILES string of the molecule is CCCNC(C)c1cnn(Cc2c(F)ccc(Br)c2F)c1. The number of hydrogen-bond acceptors (Lipinski definition) is 2. The number of benzene rings is 1. The Kier molecular flexibility index (Phi) is 5.47. The molecule has 3 nitrogen and oxygen atoms in total. The van der Waals surface area contributed by atoms with Crippen molar-refractivity contribution in [1.29, 1.82) is 0 Å². The van der Waals surface area contributed by atoms with Gasteiger partial charge in [-0.2, -0.15) is 5.10 Å². The highest BCUT2D eigenvalue weighted by atomic mass is 79.9. The number of nitrogens with zero attached hydrogens (tertiary/aromatic N) is 2. The molecule has 114 valence electrons. The molecule has 0 radical (unpaired) electrons. The fraction of sp³-hybridized carbons (Fsp3) is 0.400. The molecule has 21 heavy (non-hydrogen) atoms. The van der Waals surface area contributed by atoms with E-state index in [-0.39, 0.29) is 22.6 Å². The summed E-state index contributed by atoms with van der Waals surface area (Å²) in [6.45, 7) is 5.12. The zero-order valence-electron chi connectivity index (χ0n) is 12.0. The van der Waals surface area contributed by atoms with Crippen molar-refractivity contribution in [3.8, 4) is 0 Å².